The van der Waals surface area contributed by atoms with Gasteiger partial charge in [-0.15, -0.1) is 11.6 Å². The first-order chi connectivity index (χ1) is 11.5. The summed E-state index contributed by atoms with van der Waals surface area (Å²) in [6.45, 7) is 4.17. The molecule has 136 valence electrons. The number of allylic oxidation sites excluding steroid dienone is 1. The third-order valence-electron chi connectivity index (χ3n) is 4.16. The highest BCUT2D eigenvalue weighted by atomic mass is 35.5. The minimum absolute atomic E-state index is 0.0820. The molecule has 24 heavy (non-hydrogen) atoms. The first-order valence-corrected chi connectivity index (χ1v) is 11.2. The summed E-state index contributed by atoms with van der Waals surface area (Å²) in [5.74, 6) is 0.546. The molecule has 0 bridgehead atoms. The normalized spacial score (nSPS) is 12.5. The van der Waals surface area contributed by atoms with Gasteiger partial charge >= 0.3 is 0 Å². The predicted octanol–water partition coefficient (Wildman–Crippen LogP) is 6.07. The van der Waals surface area contributed by atoms with Crippen LogP contribution < -0.4 is 0 Å². The number of aryl methyl sites for hydroxylation is 1. The lowest BCUT2D eigenvalue weighted by Gasteiger charge is -2.09. The molecule has 0 N–H and O–H groups in total. The van der Waals surface area contributed by atoms with Crippen molar-refractivity contribution in [2.24, 2.45) is 0 Å². The van der Waals surface area contributed by atoms with Crippen LogP contribution in [0.15, 0.2) is 40.8 Å². The van der Waals surface area contributed by atoms with Gasteiger partial charge in [0.2, 0.25) is 0 Å². The molecule has 0 saturated heterocycles. The van der Waals surface area contributed by atoms with Gasteiger partial charge in [-0.2, -0.15) is 0 Å². The molecule has 0 atom stereocenters. The molecule has 0 radical (unpaired) electrons. The summed E-state index contributed by atoms with van der Waals surface area (Å²) in [6, 6.07) is 7.07. The van der Waals surface area contributed by atoms with Gasteiger partial charge in [0.25, 0.3) is 0 Å². The lowest BCUT2D eigenvalue weighted by Crippen LogP contribution is -2.10. The number of hydrogen-bond donors (Lipinski definition) is 0. The van der Waals surface area contributed by atoms with Gasteiger partial charge in [0.05, 0.1) is 10.6 Å². The minimum atomic E-state index is -3.28. The summed E-state index contributed by atoms with van der Waals surface area (Å²) in [6.07, 6.45) is 11.2. The highest BCUT2D eigenvalue weighted by Crippen LogP contribution is 2.18. The van der Waals surface area contributed by atoms with E-state index >= 15 is 0 Å². The zero-order valence-corrected chi connectivity index (χ0v) is 16.6. The van der Waals surface area contributed by atoms with Gasteiger partial charge in [0.15, 0.2) is 9.84 Å². The molecule has 0 aliphatic carbocycles. The lowest BCUT2D eigenvalue weighted by molar-refractivity contribution is 0.597. The first kappa shape index (κ1) is 21.2. The molecule has 0 aromatic heterocycles. The molecule has 1 aromatic rings. The fourth-order valence-electron chi connectivity index (χ4n) is 2.66. The van der Waals surface area contributed by atoms with Crippen LogP contribution in [0.1, 0.15) is 63.9 Å². The van der Waals surface area contributed by atoms with E-state index in [1.54, 1.807) is 12.1 Å². The molecular formula is C20H31ClO2S. The Hall–Kier alpha value is -0.800. The maximum atomic E-state index is 12.6. The van der Waals surface area contributed by atoms with E-state index in [0.717, 1.165) is 24.0 Å². The minimum Gasteiger partial charge on any atom is -0.223 e. The molecule has 0 fully saturated rings. The number of rotatable bonds is 12. The maximum Gasteiger partial charge on any atom is 0.182 e. The third kappa shape index (κ3) is 8.34. The van der Waals surface area contributed by atoms with Crippen molar-refractivity contribution >= 4 is 21.4 Å². The molecule has 1 rings (SSSR count). The number of hydrogen-bond acceptors (Lipinski definition) is 2. The molecule has 0 amide bonds. The van der Waals surface area contributed by atoms with Crippen LogP contribution >= 0.6 is 11.6 Å². The SMILES string of the molecule is CCCCCCCC/C=C(/CCCl)CS(=O)(=O)c1ccc(C)cc1. The summed E-state index contributed by atoms with van der Waals surface area (Å²) in [5.41, 5.74) is 2.01. The van der Waals surface area contributed by atoms with Crippen molar-refractivity contribution in [3.8, 4) is 0 Å². The number of unbranched alkanes of at least 4 members (excludes halogenated alkanes) is 6. The Bertz CT molecular complexity index is 589. The Morgan fingerprint density at radius 2 is 1.67 bits per heavy atom. The summed E-state index contributed by atoms with van der Waals surface area (Å²) in [5, 5.41) is 0. The van der Waals surface area contributed by atoms with Gasteiger partial charge < -0.3 is 0 Å². The molecule has 0 spiro atoms. The van der Waals surface area contributed by atoms with Gasteiger partial charge in [-0.3, -0.25) is 0 Å². The molecule has 0 aliphatic rings. The van der Waals surface area contributed by atoms with E-state index in [-0.39, 0.29) is 5.75 Å². The van der Waals surface area contributed by atoms with Crippen LogP contribution in [0, 0.1) is 6.92 Å². The highest BCUT2D eigenvalue weighted by molar-refractivity contribution is 7.91. The fraction of sp³-hybridized carbons (Fsp3) is 0.600. The third-order valence-corrected chi connectivity index (χ3v) is 6.09. The molecule has 1 aromatic carbocycles. The molecular weight excluding hydrogens is 340 g/mol. The second-order valence-corrected chi connectivity index (χ2v) is 8.80. The monoisotopic (exact) mass is 370 g/mol. The van der Waals surface area contributed by atoms with Gasteiger partial charge in [-0.05, 0) is 38.3 Å². The van der Waals surface area contributed by atoms with Crippen molar-refractivity contribution in [1.82, 2.24) is 0 Å². The fourth-order valence-corrected chi connectivity index (χ4v) is 4.37. The van der Waals surface area contributed by atoms with E-state index in [1.165, 1.54) is 32.1 Å². The molecule has 0 unspecified atom stereocenters. The standard InChI is InChI=1S/C20H31ClO2S/c1-3-4-5-6-7-8-9-10-19(15-16-21)17-24(22,23)20-13-11-18(2)12-14-20/h10-14H,3-9,15-17H2,1-2H3/b19-10-. The first-order valence-electron chi connectivity index (χ1n) is 9.03. The summed E-state index contributed by atoms with van der Waals surface area (Å²) in [4.78, 5) is 0.396. The number of halogens is 1. The van der Waals surface area contributed by atoms with Crippen molar-refractivity contribution in [3.05, 3.63) is 41.5 Å². The second kappa shape index (κ2) is 11.7. The molecule has 4 heteroatoms. The highest BCUT2D eigenvalue weighted by Gasteiger charge is 2.16. The van der Waals surface area contributed by atoms with E-state index in [1.807, 2.05) is 19.1 Å². The molecule has 2 nitrogen and oxygen atoms in total. The Kier molecular flexibility index (Phi) is 10.4. The largest absolute Gasteiger partial charge is 0.223 e. The van der Waals surface area contributed by atoms with E-state index in [0.29, 0.717) is 17.2 Å². The van der Waals surface area contributed by atoms with Gasteiger partial charge in [0.1, 0.15) is 0 Å². The zero-order chi connectivity index (χ0) is 17.8. The van der Waals surface area contributed by atoms with Crippen LogP contribution in [0.5, 0.6) is 0 Å². The van der Waals surface area contributed by atoms with Crippen LogP contribution in [0.25, 0.3) is 0 Å². The Morgan fingerprint density at radius 3 is 2.29 bits per heavy atom. The van der Waals surface area contributed by atoms with Crippen molar-refractivity contribution in [1.29, 1.82) is 0 Å². The van der Waals surface area contributed by atoms with Gasteiger partial charge in [-0.25, -0.2) is 8.42 Å². The van der Waals surface area contributed by atoms with Crippen LogP contribution in [-0.4, -0.2) is 20.1 Å². The van der Waals surface area contributed by atoms with Crippen LogP contribution in [0.4, 0.5) is 0 Å². The van der Waals surface area contributed by atoms with Crippen LogP contribution in [0.2, 0.25) is 0 Å². The van der Waals surface area contributed by atoms with Crippen molar-refractivity contribution in [2.75, 3.05) is 11.6 Å². The number of benzene rings is 1. The molecule has 0 aliphatic heterocycles. The van der Waals surface area contributed by atoms with E-state index in [9.17, 15) is 8.42 Å². The quantitative estimate of drug-likeness (QED) is 0.254. The van der Waals surface area contributed by atoms with E-state index < -0.39 is 9.84 Å². The topological polar surface area (TPSA) is 34.1 Å². The van der Waals surface area contributed by atoms with Gasteiger partial charge in [-0.1, -0.05) is 68.4 Å². The van der Waals surface area contributed by atoms with Crippen molar-refractivity contribution in [2.45, 2.75) is 70.1 Å². The summed E-state index contributed by atoms with van der Waals surface area (Å²) in [7, 11) is -3.28. The van der Waals surface area contributed by atoms with Crippen molar-refractivity contribution in [3.63, 3.8) is 0 Å². The second-order valence-electron chi connectivity index (χ2n) is 6.43. The van der Waals surface area contributed by atoms with Crippen LogP contribution in [-0.2, 0) is 9.84 Å². The maximum absolute atomic E-state index is 12.6. The number of alkyl halides is 1. The average Bonchev–Trinajstić information content (AvgIpc) is 2.54. The predicted molar refractivity (Wildman–Crippen MR) is 105 cm³/mol. The van der Waals surface area contributed by atoms with Gasteiger partial charge in [0, 0.05) is 5.88 Å². The van der Waals surface area contributed by atoms with Crippen LogP contribution in [0.3, 0.4) is 0 Å². The Morgan fingerprint density at radius 1 is 1.04 bits per heavy atom. The summed E-state index contributed by atoms with van der Waals surface area (Å²) >= 11 is 5.85. The van der Waals surface area contributed by atoms with E-state index in [4.69, 9.17) is 11.6 Å². The van der Waals surface area contributed by atoms with E-state index in [2.05, 4.69) is 13.0 Å². The number of sulfone groups is 1. The summed E-state index contributed by atoms with van der Waals surface area (Å²) < 4.78 is 25.1. The average molecular weight is 371 g/mol. The molecule has 0 heterocycles. The van der Waals surface area contributed by atoms with Crippen molar-refractivity contribution < 1.29 is 8.42 Å². The smallest absolute Gasteiger partial charge is 0.182 e. The lowest BCUT2D eigenvalue weighted by atomic mass is 10.1. The molecule has 0 saturated carbocycles. The Balaban J connectivity index is 2.57. The zero-order valence-electron chi connectivity index (χ0n) is 15.1. The Labute approximate surface area is 153 Å².